The maximum absolute atomic E-state index is 12.5. The van der Waals surface area contributed by atoms with E-state index in [0.29, 0.717) is 0 Å². The Bertz CT molecular complexity index is 277. The van der Waals surface area contributed by atoms with Gasteiger partial charge in [0, 0.05) is 7.05 Å². The second kappa shape index (κ2) is 3.85. The number of hydrogen-bond donors (Lipinski definition) is 1. The number of nitrogens with zero attached hydrogens (tertiary/aromatic N) is 1. The average molecular weight is 166 g/mol. The van der Waals surface area contributed by atoms with Gasteiger partial charge < -0.3 is 5.43 Å². The van der Waals surface area contributed by atoms with Crippen LogP contribution in [0, 0.1) is 5.82 Å². The zero-order chi connectivity index (χ0) is 8.97. The summed E-state index contributed by atoms with van der Waals surface area (Å²) >= 11 is 0. The summed E-state index contributed by atoms with van der Waals surface area (Å²) in [5, 5.41) is 3.97. The van der Waals surface area contributed by atoms with Gasteiger partial charge in [-0.1, -0.05) is 12.1 Å². The summed E-state index contributed by atoms with van der Waals surface area (Å²) in [6.45, 7) is 1.86. The Morgan fingerprint density at radius 1 is 1.33 bits per heavy atom. The van der Waals surface area contributed by atoms with Gasteiger partial charge in [-0.2, -0.15) is 5.10 Å². The first-order valence-corrected chi connectivity index (χ1v) is 3.71. The van der Waals surface area contributed by atoms with Gasteiger partial charge in [0.25, 0.3) is 0 Å². The van der Waals surface area contributed by atoms with Gasteiger partial charge in [-0.15, -0.1) is 0 Å². The van der Waals surface area contributed by atoms with Crippen LogP contribution < -0.4 is 5.43 Å². The zero-order valence-electron chi connectivity index (χ0n) is 7.13. The molecule has 0 aromatic heterocycles. The van der Waals surface area contributed by atoms with Crippen molar-refractivity contribution in [2.24, 2.45) is 5.10 Å². The summed E-state index contributed by atoms with van der Waals surface area (Å²) in [5.41, 5.74) is 4.44. The summed E-state index contributed by atoms with van der Waals surface area (Å²) in [6.07, 6.45) is 0. The van der Waals surface area contributed by atoms with Gasteiger partial charge in [-0.3, -0.25) is 0 Å². The molecule has 0 saturated heterocycles. The van der Waals surface area contributed by atoms with Crippen LogP contribution in [-0.2, 0) is 0 Å². The molecular formula is C9H11FN2. The van der Waals surface area contributed by atoms with Crippen molar-refractivity contribution in [1.29, 1.82) is 0 Å². The molecule has 12 heavy (non-hydrogen) atoms. The van der Waals surface area contributed by atoms with Crippen molar-refractivity contribution in [1.82, 2.24) is 5.43 Å². The van der Waals surface area contributed by atoms with E-state index in [9.17, 15) is 4.39 Å². The van der Waals surface area contributed by atoms with E-state index >= 15 is 0 Å². The highest BCUT2D eigenvalue weighted by molar-refractivity contribution is 5.98. The minimum Gasteiger partial charge on any atom is -0.313 e. The second-order valence-electron chi connectivity index (χ2n) is 2.43. The van der Waals surface area contributed by atoms with Crippen molar-refractivity contribution < 1.29 is 4.39 Å². The van der Waals surface area contributed by atoms with E-state index in [1.54, 1.807) is 19.2 Å². The van der Waals surface area contributed by atoms with Crippen LogP contribution in [0.15, 0.2) is 29.4 Å². The Hall–Kier alpha value is -1.38. The van der Waals surface area contributed by atoms with Gasteiger partial charge in [0.2, 0.25) is 0 Å². The van der Waals surface area contributed by atoms with Crippen LogP contribution in [-0.4, -0.2) is 12.8 Å². The molecule has 1 rings (SSSR count). The molecule has 0 radical (unpaired) electrons. The van der Waals surface area contributed by atoms with Gasteiger partial charge in [-0.05, 0) is 24.6 Å². The van der Waals surface area contributed by atoms with Crippen LogP contribution >= 0.6 is 0 Å². The predicted molar refractivity (Wildman–Crippen MR) is 47.7 cm³/mol. The lowest BCUT2D eigenvalue weighted by molar-refractivity contribution is 0.628. The fourth-order valence-corrected chi connectivity index (χ4v) is 0.923. The SMILES string of the molecule is CN/N=C(\C)c1ccc(F)cc1. The van der Waals surface area contributed by atoms with Gasteiger partial charge >= 0.3 is 0 Å². The topological polar surface area (TPSA) is 24.4 Å². The van der Waals surface area contributed by atoms with Crippen molar-refractivity contribution in [3.05, 3.63) is 35.6 Å². The largest absolute Gasteiger partial charge is 0.313 e. The Morgan fingerprint density at radius 3 is 2.42 bits per heavy atom. The minimum absolute atomic E-state index is 0.226. The van der Waals surface area contributed by atoms with Gasteiger partial charge in [0.15, 0.2) is 0 Å². The molecule has 0 heterocycles. The molecule has 0 atom stereocenters. The van der Waals surface area contributed by atoms with E-state index in [1.165, 1.54) is 12.1 Å². The van der Waals surface area contributed by atoms with Gasteiger partial charge in [0.1, 0.15) is 5.82 Å². The molecule has 1 N–H and O–H groups in total. The second-order valence-corrected chi connectivity index (χ2v) is 2.43. The first kappa shape index (κ1) is 8.71. The third kappa shape index (κ3) is 2.05. The smallest absolute Gasteiger partial charge is 0.123 e. The highest BCUT2D eigenvalue weighted by Gasteiger charge is 1.96. The first-order valence-electron chi connectivity index (χ1n) is 3.71. The third-order valence-electron chi connectivity index (χ3n) is 1.54. The lowest BCUT2D eigenvalue weighted by Gasteiger charge is -1.99. The van der Waals surface area contributed by atoms with Gasteiger partial charge in [0.05, 0.1) is 5.71 Å². The molecule has 1 aromatic rings. The Kier molecular flexibility index (Phi) is 2.80. The van der Waals surface area contributed by atoms with Crippen molar-refractivity contribution in [3.63, 3.8) is 0 Å². The Morgan fingerprint density at radius 2 is 1.92 bits per heavy atom. The van der Waals surface area contributed by atoms with Crippen LogP contribution in [0.25, 0.3) is 0 Å². The molecule has 64 valence electrons. The molecule has 0 aliphatic heterocycles. The predicted octanol–water partition coefficient (Wildman–Crippen LogP) is 1.77. The van der Waals surface area contributed by atoms with Crippen molar-refractivity contribution >= 4 is 5.71 Å². The summed E-state index contributed by atoms with van der Waals surface area (Å²) < 4.78 is 12.5. The number of nitrogens with one attached hydrogen (secondary N) is 1. The van der Waals surface area contributed by atoms with Crippen LogP contribution in [0.5, 0.6) is 0 Å². The molecule has 2 nitrogen and oxygen atoms in total. The molecule has 0 bridgehead atoms. The number of halogens is 1. The maximum atomic E-state index is 12.5. The quantitative estimate of drug-likeness (QED) is 0.525. The van der Waals surface area contributed by atoms with E-state index in [1.807, 2.05) is 6.92 Å². The first-order chi connectivity index (χ1) is 5.74. The summed E-state index contributed by atoms with van der Waals surface area (Å²) in [7, 11) is 1.73. The Labute approximate surface area is 71.1 Å². The summed E-state index contributed by atoms with van der Waals surface area (Å²) in [6, 6.07) is 6.24. The number of rotatable bonds is 2. The van der Waals surface area contributed by atoms with Crippen LogP contribution in [0.2, 0.25) is 0 Å². The fraction of sp³-hybridized carbons (Fsp3) is 0.222. The number of benzene rings is 1. The summed E-state index contributed by atoms with van der Waals surface area (Å²) in [5.74, 6) is -0.226. The van der Waals surface area contributed by atoms with Crippen molar-refractivity contribution in [2.75, 3.05) is 7.05 Å². The van der Waals surface area contributed by atoms with E-state index in [4.69, 9.17) is 0 Å². The molecule has 0 unspecified atom stereocenters. The molecular weight excluding hydrogens is 155 g/mol. The monoisotopic (exact) mass is 166 g/mol. The van der Waals surface area contributed by atoms with E-state index in [-0.39, 0.29) is 5.82 Å². The van der Waals surface area contributed by atoms with Gasteiger partial charge in [-0.25, -0.2) is 4.39 Å². The maximum Gasteiger partial charge on any atom is 0.123 e. The molecule has 0 saturated carbocycles. The molecule has 1 aromatic carbocycles. The fourth-order valence-electron chi connectivity index (χ4n) is 0.923. The molecule has 0 fully saturated rings. The highest BCUT2D eigenvalue weighted by Crippen LogP contribution is 2.03. The minimum atomic E-state index is -0.226. The number of hydrogen-bond acceptors (Lipinski definition) is 2. The zero-order valence-corrected chi connectivity index (χ0v) is 7.13. The standard InChI is InChI=1S/C9H11FN2/c1-7(12-11-2)8-3-5-9(10)6-4-8/h3-6,11H,1-2H3/b12-7+. The molecule has 0 spiro atoms. The van der Waals surface area contributed by atoms with Crippen molar-refractivity contribution in [2.45, 2.75) is 6.92 Å². The average Bonchev–Trinajstić information content (AvgIpc) is 2.06. The van der Waals surface area contributed by atoms with Crippen LogP contribution in [0.4, 0.5) is 4.39 Å². The molecule has 0 amide bonds. The molecule has 0 aliphatic carbocycles. The summed E-state index contributed by atoms with van der Waals surface area (Å²) in [4.78, 5) is 0. The Balaban J connectivity index is 2.89. The third-order valence-corrected chi connectivity index (χ3v) is 1.54. The lowest BCUT2D eigenvalue weighted by atomic mass is 10.1. The molecule has 0 aliphatic rings. The van der Waals surface area contributed by atoms with Crippen LogP contribution in [0.3, 0.4) is 0 Å². The van der Waals surface area contributed by atoms with E-state index < -0.39 is 0 Å². The highest BCUT2D eigenvalue weighted by atomic mass is 19.1. The van der Waals surface area contributed by atoms with Crippen LogP contribution in [0.1, 0.15) is 12.5 Å². The van der Waals surface area contributed by atoms with E-state index in [2.05, 4.69) is 10.5 Å². The normalized spacial score (nSPS) is 11.4. The lowest BCUT2D eigenvalue weighted by Crippen LogP contribution is -2.02. The van der Waals surface area contributed by atoms with E-state index in [0.717, 1.165) is 11.3 Å². The van der Waals surface area contributed by atoms with Crippen molar-refractivity contribution in [3.8, 4) is 0 Å². The molecule has 3 heteroatoms. The number of hydrazone groups is 1.